The summed E-state index contributed by atoms with van der Waals surface area (Å²) in [5, 5.41) is 18.1. The predicted molar refractivity (Wildman–Crippen MR) is 80.6 cm³/mol. The Labute approximate surface area is 114 Å². The quantitative estimate of drug-likeness (QED) is 0.673. The summed E-state index contributed by atoms with van der Waals surface area (Å²) in [4.78, 5) is 0. The molecule has 0 saturated heterocycles. The van der Waals surface area contributed by atoms with Crippen LogP contribution in [0.2, 0.25) is 0 Å². The van der Waals surface area contributed by atoms with Gasteiger partial charge in [0.1, 0.15) is 0 Å². The molecule has 0 aliphatic rings. The van der Waals surface area contributed by atoms with Crippen LogP contribution in [-0.2, 0) is 0 Å². The average molecular weight is 258 g/mol. The number of unbranched alkanes of at least 4 members (excludes halogenated alkanes) is 1. The molecule has 0 spiro atoms. The Kier molecular flexibility index (Phi) is 14.5. The van der Waals surface area contributed by atoms with Crippen molar-refractivity contribution in [3.63, 3.8) is 0 Å². The summed E-state index contributed by atoms with van der Waals surface area (Å²) in [6.07, 6.45) is 8.40. The molecule has 0 heterocycles. The largest absolute Gasteiger partial charge is 0.393 e. The summed E-state index contributed by atoms with van der Waals surface area (Å²) < 4.78 is 0. The monoisotopic (exact) mass is 258 g/mol. The summed E-state index contributed by atoms with van der Waals surface area (Å²) >= 11 is 0. The molecule has 0 amide bonds. The molecule has 0 aliphatic heterocycles. The van der Waals surface area contributed by atoms with Crippen LogP contribution in [0.4, 0.5) is 0 Å². The standard InChI is InChI=1S/C8H18O.C8H16O/c2*1-4-5-6-7(2)8(3)9/h7-9H,4-6H2,1-3H3;4-5,7-9H,6H2,1-3H3/b;5-4+/t2*7-,8+/m11/s1. The molecular weight excluding hydrogens is 224 g/mol. The molecule has 110 valence electrons. The third kappa shape index (κ3) is 13.7. The van der Waals surface area contributed by atoms with Crippen molar-refractivity contribution >= 4 is 0 Å². The van der Waals surface area contributed by atoms with Crippen LogP contribution in [0.25, 0.3) is 0 Å². The predicted octanol–water partition coefficient (Wildman–Crippen LogP) is 4.16. The maximum atomic E-state index is 9.05. The molecule has 2 heteroatoms. The molecule has 0 aliphatic carbocycles. The van der Waals surface area contributed by atoms with E-state index in [1.54, 1.807) is 0 Å². The number of aliphatic hydroxyl groups is 2. The third-order valence-corrected chi connectivity index (χ3v) is 3.40. The number of hydrogen-bond donors (Lipinski definition) is 2. The minimum Gasteiger partial charge on any atom is -0.393 e. The van der Waals surface area contributed by atoms with Gasteiger partial charge in [-0.3, -0.25) is 0 Å². The first-order chi connectivity index (χ1) is 8.36. The average Bonchev–Trinajstić information content (AvgIpc) is 2.33. The molecule has 0 saturated carbocycles. The second kappa shape index (κ2) is 13.1. The SMILES string of the molecule is C/C=C/C[C@@H](C)[C@H](C)O.CCCC[C@@H](C)[C@H](C)O. The Morgan fingerprint density at radius 3 is 1.78 bits per heavy atom. The van der Waals surface area contributed by atoms with Gasteiger partial charge in [0.2, 0.25) is 0 Å². The van der Waals surface area contributed by atoms with E-state index >= 15 is 0 Å². The molecule has 0 rings (SSSR count). The van der Waals surface area contributed by atoms with Crippen LogP contribution in [0.3, 0.4) is 0 Å². The van der Waals surface area contributed by atoms with Crippen LogP contribution in [0.1, 0.15) is 67.2 Å². The molecule has 0 aromatic heterocycles. The second-order valence-electron chi connectivity index (χ2n) is 5.38. The van der Waals surface area contributed by atoms with Crippen molar-refractivity contribution < 1.29 is 10.2 Å². The summed E-state index contributed by atoms with van der Waals surface area (Å²) in [5.74, 6) is 0.867. The Hall–Kier alpha value is -0.340. The molecule has 2 nitrogen and oxygen atoms in total. The molecule has 0 aromatic carbocycles. The molecule has 4 atom stereocenters. The highest BCUT2D eigenvalue weighted by Crippen LogP contribution is 2.11. The van der Waals surface area contributed by atoms with Gasteiger partial charge < -0.3 is 10.2 Å². The van der Waals surface area contributed by atoms with Crippen molar-refractivity contribution in [1.29, 1.82) is 0 Å². The molecule has 2 N–H and O–H groups in total. The molecular formula is C16H34O2. The van der Waals surface area contributed by atoms with Crippen molar-refractivity contribution in [3.05, 3.63) is 12.2 Å². The smallest absolute Gasteiger partial charge is 0.0540 e. The molecule has 18 heavy (non-hydrogen) atoms. The normalized spacial score (nSPS) is 17.8. The topological polar surface area (TPSA) is 40.5 Å². The van der Waals surface area contributed by atoms with Gasteiger partial charge in [0, 0.05) is 0 Å². The molecule has 0 unspecified atom stereocenters. The highest BCUT2D eigenvalue weighted by atomic mass is 16.3. The molecule has 0 fully saturated rings. The van der Waals surface area contributed by atoms with E-state index in [4.69, 9.17) is 10.2 Å². The van der Waals surface area contributed by atoms with Crippen LogP contribution in [0.5, 0.6) is 0 Å². The number of allylic oxidation sites excluding steroid dienone is 2. The summed E-state index contributed by atoms with van der Waals surface area (Å²) in [5.41, 5.74) is 0. The minimum atomic E-state index is -0.179. The van der Waals surface area contributed by atoms with Crippen LogP contribution in [-0.4, -0.2) is 22.4 Å². The fraction of sp³-hybridized carbons (Fsp3) is 0.875. The van der Waals surface area contributed by atoms with E-state index in [0.29, 0.717) is 11.8 Å². The van der Waals surface area contributed by atoms with Crippen molar-refractivity contribution in [2.45, 2.75) is 79.4 Å². The fourth-order valence-corrected chi connectivity index (χ4v) is 1.31. The maximum Gasteiger partial charge on any atom is 0.0540 e. The van der Waals surface area contributed by atoms with E-state index in [-0.39, 0.29) is 12.2 Å². The van der Waals surface area contributed by atoms with Gasteiger partial charge in [-0.15, -0.1) is 0 Å². The first kappa shape index (κ1) is 20.0. The lowest BCUT2D eigenvalue weighted by atomic mass is 10.00. The van der Waals surface area contributed by atoms with E-state index in [1.165, 1.54) is 12.8 Å². The van der Waals surface area contributed by atoms with Crippen LogP contribution in [0.15, 0.2) is 12.2 Å². The Morgan fingerprint density at radius 1 is 0.944 bits per heavy atom. The van der Waals surface area contributed by atoms with Crippen LogP contribution >= 0.6 is 0 Å². The summed E-state index contributed by atoms with van der Waals surface area (Å²) in [6, 6.07) is 0. The van der Waals surface area contributed by atoms with Crippen LogP contribution in [0, 0.1) is 11.8 Å². The molecule has 0 bridgehead atoms. The van der Waals surface area contributed by atoms with Gasteiger partial charge in [-0.25, -0.2) is 0 Å². The van der Waals surface area contributed by atoms with Gasteiger partial charge in [-0.05, 0) is 45.4 Å². The summed E-state index contributed by atoms with van der Waals surface area (Å²) in [7, 11) is 0. The fourth-order valence-electron chi connectivity index (χ4n) is 1.31. The lowest BCUT2D eigenvalue weighted by molar-refractivity contribution is 0.128. The van der Waals surface area contributed by atoms with Gasteiger partial charge in [0.05, 0.1) is 12.2 Å². The first-order valence-electron chi connectivity index (χ1n) is 7.34. The highest BCUT2D eigenvalue weighted by molar-refractivity contribution is 4.80. The third-order valence-electron chi connectivity index (χ3n) is 3.40. The van der Waals surface area contributed by atoms with Gasteiger partial charge in [0.25, 0.3) is 0 Å². The minimum absolute atomic E-state index is 0.128. The van der Waals surface area contributed by atoms with E-state index in [9.17, 15) is 0 Å². The Morgan fingerprint density at radius 2 is 1.44 bits per heavy atom. The zero-order valence-corrected chi connectivity index (χ0v) is 13.2. The zero-order valence-electron chi connectivity index (χ0n) is 13.2. The molecule has 0 radical (unpaired) electrons. The van der Waals surface area contributed by atoms with Crippen molar-refractivity contribution in [2.24, 2.45) is 11.8 Å². The van der Waals surface area contributed by atoms with E-state index < -0.39 is 0 Å². The maximum absolute atomic E-state index is 9.05. The highest BCUT2D eigenvalue weighted by Gasteiger charge is 2.06. The van der Waals surface area contributed by atoms with Crippen molar-refractivity contribution in [3.8, 4) is 0 Å². The van der Waals surface area contributed by atoms with E-state index in [2.05, 4.69) is 19.9 Å². The second-order valence-corrected chi connectivity index (χ2v) is 5.38. The van der Waals surface area contributed by atoms with Gasteiger partial charge in [0.15, 0.2) is 0 Å². The number of hydrogen-bond acceptors (Lipinski definition) is 2. The van der Waals surface area contributed by atoms with Gasteiger partial charge >= 0.3 is 0 Å². The van der Waals surface area contributed by atoms with Gasteiger partial charge in [-0.1, -0.05) is 45.8 Å². The van der Waals surface area contributed by atoms with Gasteiger partial charge in [-0.2, -0.15) is 0 Å². The van der Waals surface area contributed by atoms with Crippen molar-refractivity contribution in [2.75, 3.05) is 0 Å². The Bertz CT molecular complexity index is 186. The number of rotatable bonds is 7. The van der Waals surface area contributed by atoms with E-state index in [0.717, 1.165) is 12.8 Å². The summed E-state index contributed by atoms with van der Waals surface area (Å²) in [6.45, 7) is 12.0. The zero-order chi connectivity index (χ0) is 14.6. The first-order valence-corrected chi connectivity index (χ1v) is 7.34. The lowest BCUT2D eigenvalue weighted by Gasteiger charge is -2.12. The van der Waals surface area contributed by atoms with Crippen molar-refractivity contribution in [1.82, 2.24) is 0 Å². The lowest BCUT2D eigenvalue weighted by Crippen LogP contribution is -2.12. The number of aliphatic hydroxyl groups excluding tert-OH is 2. The Balaban J connectivity index is 0. The van der Waals surface area contributed by atoms with Crippen LogP contribution < -0.4 is 0 Å². The van der Waals surface area contributed by atoms with E-state index in [1.807, 2.05) is 33.8 Å². The molecule has 0 aromatic rings.